The quantitative estimate of drug-likeness (QED) is 0.636. The topological polar surface area (TPSA) is 89.7 Å². The highest BCUT2D eigenvalue weighted by molar-refractivity contribution is 6.42. The van der Waals surface area contributed by atoms with Crippen LogP contribution in [0.2, 0.25) is 10.0 Å². The number of benzene rings is 1. The average Bonchev–Trinajstić information content (AvgIpc) is 2.32. The Labute approximate surface area is 125 Å². The number of hydrogen-bond acceptors (Lipinski definition) is 4. The molecule has 0 aliphatic heterocycles. The molecule has 0 saturated heterocycles. The summed E-state index contributed by atoms with van der Waals surface area (Å²) in [6.45, 7) is 3.10. The third-order valence-electron chi connectivity index (χ3n) is 2.76. The summed E-state index contributed by atoms with van der Waals surface area (Å²) in [7, 11) is 0. The first-order valence-electron chi connectivity index (χ1n) is 5.65. The third-order valence-corrected chi connectivity index (χ3v) is 3.48. The summed E-state index contributed by atoms with van der Waals surface area (Å²) in [4.78, 5) is 21.2. The summed E-state index contributed by atoms with van der Waals surface area (Å²) >= 11 is 11.5. The zero-order valence-corrected chi connectivity index (χ0v) is 12.4. The van der Waals surface area contributed by atoms with E-state index in [0.29, 0.717) is 0 Å². The standard InChI is InChI=1S/C12H13Cl2NO5/c1-12(2,11(16)17)3-4-20-10-6-8(14)7(13)5-9(10)15(18)19/h5-6H,3-4H2,1-2H3,(H,16,17). The van der Waals surface area contributed by atoms with E-state index in [-0.39, 0.29) is 34.5 Å². The predicted octanol–water partition coefficient (Wildman–Crippen LogP) is 3.78. The molecule has 0 radical (unpaired) electrons. The van der Waals surface area contributed by atoms with Crippen molar-refractivity contribution in [3.8, 4) is 5.75 Å². The Bertz CT molecular complexity index is 545. The van der Waals surface area contributed by atoms with Crippen LogP contribution in [0.1, 0.15) is 20.3 Å². The Balaban J connectivity index is 2.85. The SMILES string of the molecule is CC(C)(CCOc1cc(Cl)c(Cl)cc1[N+](=O)[O-])C(=O)O. The van der Waals surface area contributed by atoms with Gasteiger partial charge in [0.15, 0.2) is 5.75 Å². The largest absolute Gasteiger partial charge is 0.487 e. The first-order chi connectivity index (χ1) is 9.15. The minimum absolute atomic E-state index is 0.0120. The van der Waals surface area contributed by atoms with Gasteiger partial charge in [0.25, 0.3) is 0 Å². The molecule has 0 heterocycles. The van der Waals surface area contributed by atoms with Crippen molar-refractivity contribution in [2.75, 3.05) is 6.61 Å². The van der Waals surface area contributed by atoms with Gasteiger partial charge in [0.1, 0.15) is 0 Å². The van der Waals surface area contributed by atoms with Gasteiger partial charge in [-0.1, -0.05) is 23.2 Å². The van der Waals surface area contributed by atoms with Gasteiger partial charge in [-0.05, 0) is 20.3 Å². The normalized spacial score (nSPS) is 11.2. The van der Waals surface area contributed by atoms with Crippen LogP contribution in [-0.4, -0.2) is 22.6 Å². The van der Waals surface area contributed by atoms with Crippen molar-refractivity contribution >= 4 is 34.9 Å². The second-order valence-electron chi connectivity index (χ2n) is 4.78. The van der Waals surface area contributed by atoms with Crippen LogP contribution in [0, 0.1) is 15.5 Å². The maximum atomic E-state index is 10.9. The molecule has 0 unspecified atom stereocenters. The minimum atomic E-state index is -0.981. The van der Waals surface area contributed by atoms with E-state index in [1.54, 1.807) is 13.8 Å². The number of rotatable bonds is 6. The molecule has 0 aromatic heterocycles. The number of nitrogens with zero attached hydrogens (tertiary/aromatic N) is 1. The van der Waals surface area contributed by atoms with Crippen LogP contribution in [0.5, 0.6) is 5.75 Å². The molecule has 1 rings (SSSR count). The van der Waals surface area contributed by atoms with E-state index in [1.165, 1.54) is 6.07 Å². The molecular weight excluding hydrogens is 309 g/mol. The van der Waals surface area contributed by atoms with Crippen LogP contribution in [0.15, 0.2) is 12.1 Å². The molecule has 0 aliphatic rings. The summed E-state index contributed by atoms with van der Waals surface area (Å²) in [5.41, 5.74) is -1.29. The van der Waals surface area contributed by atoms with Crippen LogP contribution in [0.25, 0.3) is 0 Å². The lowest BCUT2D eigenvalue weighted by Gasteiger charge is -2.18. The molecule has 0 amide bonds. The molecule has 0 saturated carbocycles. The monoisotopic (exact) mass is 321 g/mol. The summed E-state index contributed by atoms with van der Waals surface area (Å²) in [6.07, 6.45) is 0.194. The second kappa shape index (κ2) is 6.28. The van der Waals surface area contributed by atoms with E-state index in [9.17, 15) is 14.9 Å². The molecule has 20 heavy (non-hydrogen) atoms. The number of hydrogen-bond donors (Lipinski definition) is 1. The lowest BCUT2D eigenvalue weighted by atomic mass is 9.90. The maximum Gasteiger partial charge on any atom is 0.312 e. The average molecular weight is 322 g/mol. The van der Waals surface area contributed by atoms with E-state index >= 15 is 0 Å². The van der Waals surface area contributed by atoms with E-state index in [4.69, 9.17) is 33.0 Å². The van der Waals surface area contributed by atoms with Gasteiger partial charge in [-0.2, -0.15) is 0 Å². The maximum absolute atomic E-state index is 10.9. The predicted molar refractivity (Wildman–Crippen MR) is 74.6 cm³/mol. The molecule has 0 fully saturated rings. The van der Waals surface area contributed by atoms with Crippen LogP contribution in [0.3, 0.4) is 0 Å². The molecular formula is C12H13Cl2NO5. The molecule has 8 heteroatoms. The Morgan fingerprint density at radius 3 is 2.45 bits per heavy atom. The lowest BCUT2D eigenvalue weighted by Crippen LogP contribution is -2.25. The fraction of sp³-hybridized carbons (Fsp3) is 0.417. The molecule has 1 N–H and O–H groups in total. The molecule has 0 aliphatic carbocycles. The first-order valence-corrected chi connectivity index (χ1v) is 6.40. The molecule has 0 spiro atoms. The van der Waals surface area contributed by atoms with Crippen LogP contribution < -0.4 is 4.74 Å². The van der Waals surface area contributed by atoms with E-state index in [2.05, 4.69) is 0 Å². The number of ether oxygens (including phenoxy) is 1. The fourth-order valence-corrected chi connectivity index (χ4v) is 1.61. The Hall–Kier alpha value is -1.53. The number of aliphatic carboxylic acids is 1. The Kier molecular flexibility index (Phi) is 5.19. The van der Waals surface area contributed by atoms with Gasteiger partial charge in [0.2, 0.25) is 0 Å². The molecule has 0 bridgehead atoms. The number of carboxylic acids is 1. The Morgan fingerprint density at radius 1 is 1.40 bits per heavy atom. The van der Waals surface area contributed by atoms with Crippen molar-refractivity contribution < 1.29 is 19.6 Å². The van der Waals surface area contributed by atoms with E-state index in [0.717, 1.165) is 6.07 Å². The van der Waals surface area contributed by atoms with Gasteiger partial charge in [-0.25, -0.2) is 0 Å². The molecule has 1 aromatic carbocycles. The number of carboxylic acid groups (broad SMARTS) is 1. The highest BCUT2D eigenvalue weighted by Gasteiger charge is 2.27. The number of carbonyl (C=O) groups is 1. The smallest absolute Gasteiger partial charge is 0.312 e. The number of halogens is 2. The number of nitro groups is 1. The molecule has 6 nitrogen and oxygen atoms in total. The van der Waals surface area contributed by atoms with Crippen molar-refractivity contribution in [3.05, 3.63) is 32.3 Å². The Morgan fingerprint density at radius 2 is 1.95 bits per heavy atom. The van der Waals surface area contributed by atoms with Crippen molar-refractivity contribution in [1.29, 1.82) is 0 Å². The van der Waals surface area contributed by atoms with Gasteiger partial charge in [-0.3, -0.25) is 14.9 Å². The highest BCUT2D eigenvalue weighted by atomic mass is 35.5. The molecule has 0 atom stereocenters. The lowest BCUT2D eigenvalue weighted by molar-refractivity contribution is -0.385. The first kappa shape index (κ1) is 16.5. The van der Waals surface area contributed by atoms with Gasteiger partial charge < -0.3 is 9.84 Å². The van der Waals surface area contributed by atoms with Crippen molar-refractivity contribution in [2.24, 2.45) is 5.41 Å². The summed E-state index contributed by atoms with van der Waals surface area (Å²) in [5, 5.41) is 20.0. The van der Waals surface area contributed by atoms with Gasteiger partial charge in [0, 0.05) is 12.1 Å². The minimum Gasteiger partial charge on any atom is -0.487 e. The van der Waals surface area contributed by atoms with Gasteiger partial charge in [0.05, 0.1) is 27.0 Å². The summed E-state index contributed by atoms with van der Waals surface area (Å²) in [5.74, 6) is -1.00. The molecule has 1 aromatic rings. The van der Waals surface area contributed by atoms with Gasteiger partial charge >= 0.3 is 11.7 Å². The van der Waals surface area contributed by atoms with Crippen LogP contribution in [0.4, 0.5) is 5.69 Å². The van der Waals surface area contributed by atoms with Gasteiger partial charge in [-0.15, -0.1) is 0 Å². The van der Waals surface area contributed by atoms with E-state index < -0.39 is 16.3 Å². The van der Waals surface area contributed by atoms with Crippen molar-refractivity contribution in [2.45, 2.75) is 20.3 Å². The summed E-state index contributed by atoms with van der Waals surface area (Å²) < 4.78 is 5.27. The zero-order chi connectivity index (χ0) is 15.5. The van der Waals surface area contributed by atoms with Crippen molar-refractivity contribution in [3.63, 3.8) is 0 Å². The fourth-order valence-electron chi connectivity index (χ4n) is 1.30. The highest BCUT2D eigenvalue weighted by Crippen LogP contribution is 2.36. The van der Waals surface area contributed by atoms with Crippen molar-refractivity contribution in [1.82, 2.24) is 0 Å². The third kappa shape index (κ3) is 3.98. The summed E-state index contributed by atoms with van der Waals surface area (Å²) in [6, 6.07) is 2.34. The molecule has 110 valence electrons. The van der Waals surface area contributed by atoms with Crippen LogP contribution >= 0.6 is 23.2 Å². The van der Waals surface area contributed by atoms with E-state index in [1.807, 2.05) is 0 Å². The second-order valence-corrected chi connectivity index (χ2v) is 5.59. The van der Waals surface area contributed by atoms with Crippen LogP contribution in [-0.2, 0) is 4.79 Å². The number of nitro benzene ring substituents is 1. The zero-order valence-electron chi connectivity index (χ0n) is 10.9.